The number of rotatable bonds is 5. The number of hydrogen-bond donors (Lipinski definition) is 2. The van der Waals surface area contributed by atoms with Crippen molar-refractivity contribution in [3.63, 3.8) is 0 Å². The van der Waals surface area contributed by atoms with Gasteiger partial charge in [-0.2, -0.15) is 0 Å². The molecular formula is C25H23FN2O4. The molecule has 1 heterocycles. The lowest BCUT2D eigenvalue weighted by Gasteiger charge is -2.26. The van der Waals surface area contributed by atoms with Gasteiger partial charge in [0.25, 0.3) is 11.7 Å². The summed E-state index contributed by atoms with van der Waals surface area (Å²) in [4.78, 5) is 29.1. The molecule has 1 amide bonds. The monoisotopic (exact) mass is 434 g/mol. The third kappa shape index (κ3) is 3.71. The van der Waals surface area contributed by atoms with Crippen molar-refractivity contribution < 1.29 is 24.2 Å². The second-order valence-corrected chi connectivity index (χ2v) is 8.03. The molecule has 0 bridgehead atoms. The number of fused-ring (bicyclic) bond motifs is 1. The van der Waals surface area contributed by atoms with Gasteiger partial charge < -0.3 is 20.0 Å². The first-order chi connectivity index (χ1) is 15.3. The normalized spacial score (nSPS) is 18.1. The Hall–Kier alpha value is -3.71. The number of hydrogen-bond acceptors (Lipinski definition) is 5. The number of carbonyl (C=O) groups is 2. The number of phenols is 1. The summed E-state index contributed by atoms with van der Waals surface area (Å²) in [6, 6.07) is 14.9. The minimum Gasteiger partial charge on any atom is -0.507 e. The standard InChI is InChI=1S/C25H23FN2O4/c1-27(2)12-13-28-21(16-7-5-8-17(26)14-16)20(24(31)25(28)32)23(30)19-11-10-15-6-3-4-9-18(15)22(19)29/h3-11,14,21,29-30H,12-13H2,1-2H3/b23-20+. The van der Waals surface area contributed by atoms with E-state index in [2.05, 4.69) is 0 Å². The van der Waals surface area contributed by atoms with Gasteiger partial charge in [-0.15, -0.1) is 0 Å². The number of aliphatic hydroxyl groups is 1. The SMILES string of the molecule is CN(C)CCN1C(=O)C(=O)/C(=C(/O)c2ccc3ccccc3c2O)C1c1cccc(F)c1. The van der Waals surface area contributed by atoms with Gasteiger partial charge >= 0.3 is 0 Å². The van der Waals surface area contributed by atoms with Crippen LogP contribution in [0.15, 0.2) is 66.2 Å². The zero-order valence-corrected chi connectivity index (χ0v) is 17.7. The second kappa shape index (κ2) is 8.43. The topological polar surface area (TPSA) is 81.1 Å². The van der Waals surface area contributed by atoms with E-state index in [4.69, 9.17) is 0 Å². The van der Waals surface area contributed by atoms with Crippen LogP contribution in [0.4, 0.5) is 4.39 Å². The van der Waals surface area contributed by atoms with Crippen LogP contribution in [0.3, 0.4) is 0 Å². The highest BCUT2D eigenvalue weighted by Crippen LogP contribution is 2.42. The molecule has 0 aromatic heterocycles. The molecule has 3 aromatic rings. The number of Topliss-reactive ketones (excluding diaryl/α,β-unsaturated/α-hetero) is 1. The molecule has 6 nitrogen and oxygen atoms in total. The van der Waals surface area contributed by atoms with E-state index in [1.54, 1.807) is 24.3 Å². The molecule has 0 aliphatic carbocycles. The number of phenolic OH excluding ortho intramolecular Hbond substituents is 1. The molecule has 4 rings (SSSR count). The molecule has 1 aliphatic heterocycles. The Labute approximate surface area is 184 Å². The lowest BCUT2D eigenvalue weighted by Crippen LogP contribution is -2.35. The first kappa shape index (κ1) is 21.5. The summed E-state index contributed by atoms with van der Waals surface area (Å²) < 4.78 is 14.0. The summed E-state index contributed by atoms with van der Waals surface area (Å²) in [5, 5.41) is 23.2. The number of amides is 1. The number of nitrogens with zero attached hydrogens (tertiary/aromatic N) is 2. The summed E-state index contributed by atoms with van der Waals surface area (Å²) in [5.74, 6) is -2.86. The summed E-state index contributed by atoms with van der Waals surface area (Å²) in [6.45, 7) is 0.680. The zero-order chi connectivity index (χ0) is 23.0. The second-order valence-electron chi connectivity index (χ2n) is 8.03. The molecule has 2 N–H and O–H groups in total. The number of aromatic hydroxyl groups is 1. The van der Waals surface area contributed by atoms with Crippen molar-refractivity contribution in [1.29, 1.82) is 0 Å². The van der Waals surface area contributed by atoms with Gasteiger partial charge in [-0.05, 0) is 43.2 Å². The van der Waals surface area contributed by atoms with Crippen LogP contribution in [0.2, 0.25) is 0 Å². The molecule has 0 spiro atoms. The van der Waals surface area contributed by atoms with Gasteiger partial charge in [0.2, 0.25) is 0 Å². The average Bonchev–Trinajstić information content (AvgIpc) is 3.02. The van der Waals surface area contributed by atoms with E-state index in [1.807, 2.05) is 31.1 Å². The minimum atomic E-state index is -0.975. The molecule has 0 radical (unpaired) electrons. The van der Waals surface area contributed by atoms with Gasteiger partial charge in [-0.3, -0.25) is 9.59 Å². The predicted octanol–water partition coefficient (Wildman–Crippen LogP) is 3.67. The Kier molecular flexibility index (Phi) is 5.67. The summed E-state index contributed by atoms with van der Waals surface area (Å²) in [6.07, 6.45) is 0. The Morgan fingerprint density at radius 3 is 2.53 bits per heavy atom. The number of aliphatic hydroxyl groups excluding tert-OH is 1. The number of likely N-dealkylation sites (N-methyl/N-ethyl adjacent to an activating group) is 1. The van der Waals surface area contributed by atoms with E-state index in [9.17, 15) is 24.2 Å². The van der Waals surface area contributed by atoms with Crippen molar-refractivity contribution in [2.24, 2.45) is 0 Å². The molecule has 7 heteroatoms. The molecule has 1 aliphatic rings. The predicted molar refractivity (Wildman–Crippen MR) is 120 cm³/mol. The fourth-order valence-corrected chi connectivity index (χ4v) is 4.03. The van der Waals surface area contributed by atoms with Crippen LogP contribution < -0.4 is 0 Å². The summed E-state index contributed by atoms with van der Waals surface area (Å²) in [5.41, 5.74) is 0.227. The maximum atomic E-state index is 14.0. The summed E-state index contributed by atoms with van der Waals surface area (Å²) in [7, 11) is 3.67. The van der Waals surface area contributed by atoms with Crippen molar-refractivity contribution in [2.45, 2.75) is 6.04 Å². The lowest BCUT2D eigenvalue weighted by molar-refractivity contribution is -0.140. The third-order valence-electron chi connectivity index (χ3n) is 5.65. The first-order valence-electron chi connectivity index (χ1n) is 10.2. The lowest BCUT2D eigenvalue weighted by atomic mass is 9.94. The van der Waals surface area contributed by atoms with Crippen molar-refractivity contribution in [1.82, 2.24) is 9.80 Å². The average molecular weight is 434 g/mol. The van der Waals surface area contributed by atoms with Crippen LogP contribution >= 0.6 is 0 Å². The van der Waals surface area contributed by atoms with E-state index in [0.717, 1.165) is 5.39 Å². The fraction of sp³-hybridized carbons (Fsp3) is 0.200. The van der Waals surface area contributed by atoms with Gasteiger partial charge in [0.05, 0.1) is 17.2 Å². The molecular weight excluding hydrogens is 411 g/mol. The third-order valence-corrected chi connectivity index (χ3v) is 5.65. The van der Waals surface area contributed by atoms with Crippen molar-refractivity contribution in [3.05, 3.63) is 83.2 Å². The number of carbonyl (C=O) groups excluding carboxylic acids is 2. The Morgan fingerprint density at radius 1 is 1.06 bits per heavy atom. The fourth-order valence-electron chi connectivity index (χ4n) is 4.03. The maximum Gasteiger partial charge on any atom is 0.295 e. The minimum absolute atomic E-state index is 0.0377. The molecule has 0 saturated carbocycles. The highest BCUT2D eigenvalue weighted by molar-refractivity contribution is 6.46. The Balaban J connectivity index is 1.91. The van der Waals surface area contributed by atoms with Crippen molar-refractivity contribution in [3.8, 4) is 5.75 Å². The van der Waals surface area contributed by atoms with Crippen LogP contribution in [0.1, 0.15) is 17.2 Å². The Morgan fingerprint density at radius 2 is 1.81 bits per heavy atom. The number of ketones is 1. The zero-order valence-electron chi connectivity index (χ0n) is 17.7. The van der Waals surface area contributed by atoms with Crippen LogP contribution in [0.25, 0.3) is 16.5 Å². The molecule has 1 unspecified atom stereocenters. The van der Waals surface area contributed by atoms with Crippen LogP contribution in [-0.4, -0.2) is 58.9 Å². The van der Waals surface area contributed by atoms with Gasteiger partial charge in [0.15, 0.2) is 0 Å². The largest absolute Gasteiger partial charge is 0.507 e. The van der Waals surface area contributed by atoms with E-state index >= 15 is 0 Å². The summed E-state index contributed by atoms with van der Waals surface area (Å²) >= 11 is 0. The quantitative estimate of drug-likeness (QED) is 0.364. The van der Waals surface area contributed by atoms with Crippen LogP contribution in [0.5, 0.6) is 5.75 Å². The van der Waals surface area contributed by atoms with Crippen molar-refractivity contribution >= 4 is 28.2 Å². The highest BCUT2D eigenvalue weighted by Gasteiger charge is 2.46. The smallest absolute Gasteiger partial charge is 0.295 e. The molecule has 3 aromatic carbocycles. The molecule has 32 heavy (non-hydrogen) atoms. The van der Waals surface area contributed by atoms with Gasteiger partial charge in [0.1, 0.15) is 17.3 Å². The van der Waals surface area contributed by atoms with Gasteiger partial charge in [-0.1, -0.05) is 42.5 Å². The van der Waals surface area contributed by atoms with Gasteiger partial charge in [-0.25, -0.2) is 4.39 Å². The van der Waals surface area contributed by atoms with Crippen LogP contribution in [-0.2, 0) is 9.59 Å². The molecule has 1 atom stereocenters. The van der Waals surface area contributed by atoms with Gasteiger partial charge in [0, 0.05) is 18.5 Å². The molecule has 1 fully saturated rings. The highest BCUT2D eigenvalue weighted by atomic mass is 19.1. The van der Waals surface area contributed by atoms with Crippen LogP contribution in [0, 0.1) is 5.82 Å². The van der Waals surface area contributed by atoms with Crippen molar-refractivity contribution in [2.75, 3.05) is 27.2 Å². The van der Waals surface area contributed by atoms with E-state index in [0.29, 0.717) is 17.5 Å². The molecule has 1 saturated heterocycles. The van der Waals surface area contributed by atoms with E-state index in [-0.39, 0.29) is 23.4 Å². The molecule has 164 valence electrons. The van der Waals surface area contributed by atoms with E-state index in [1.165, 1.54) is 29.2 Å². The number of halogens is 1. The first-order valence-corrected chi connectivity index (χ1v) is 10.2. The number of likely N-dealkylation sites (tertiary alicyclic amines) is 1. The Bertz CT molecular complexity index is 1250. The van der Waals surface area contributed by atoms with E-state index < -0.39 is 29.3 Å². The number of benzene rings is 3. The maximum absolute atomic E-state index is 14.0.